The number of ether oxygens (including phenoxy) is 2. The van der Waals surface area contributed by atoms with Gasteiger partial charge in [-0.05, 0) is 48.7 Å². The number of nitrogens with one attached hydrogen (secondary N) is 2. The number of hydrogen-bond donors (Lipinski definition) is 3. The predicted octanol–water partition coefficient (Wildman–Crippen LogP) is 3.53. The predicted molar refractivity (Wildman–Crippen MR) is 156 cm³/mol. The van der Waals surface area contributed by atoms with Crippen molar-refractivity contribution in [1.82, 2.24) is 9.88 Å². The second kappa shape index (κ2) is 16.3. The standard InChI is InChI=1S/C31H32F2N4O7/c1-2-43-28(39)15-12-22(11-14-27(34)38)35-29(40)26(18-21-10-13-23(32)24(33)17-21)37-16-6-9-25(30(37)41)36-31(42)44-19-20-7-4-3-5-8-20/h3-10,12-13,15-17,22,26H,2,11,14,18-19H2,1H3,(H2,34,38)(H,35,40)(H,36,42)/b15-12+/t22-,26-/m0/s1. The Kier molecular flexibility index (Phi) is 12.3. The maximum atomic E-state index is 14.0. The van der Waals surface area contributed by atoms with E-state index in [-0.39, 0.29) is 43.7 Å². The summed E-state index contributed by atoms with van der Waals surface area (Å²) in [6, 6.07) is 12.4. The number of anilines is 1. The highest BCUT2D eigenvalue weighted by molar-refractivity contribution is 5.85. The first-order valence-corrected chi connectivity index (χ1v) is 13.6. The van der Waals surface area contributed by atoms with E-state index in [0.717, 1.165) is 28.3 Å². The third-order valence-electron chi connectivity index (χ3n) is 6.26. The summed E-state index contributed by atoms with van der Waals surface area (Å²) in [5.41, 5.74) is 5.17. The zero-order chi connectivity index (χ0) is 32.1. The number of pyridine rings is 1. The van der Waals surface area contributed by atoms with Gasteiger partial charge in [0, 0.05) is 31.2 Å². The summed E-state index contributed by atoms with van der Waals surface area (Å²) in [7, 11) is 0. The summed E-state index contributed by atoms with van der Waals surface area (Å²) in [6.45, 7) is 1.68. The van der Waals surface area contributed by atoms with Crippen LogP contribution in [0.15, 0.2) is 83.8 Å². The van der Waals surface area contributed by atoms with E-state index in [0.29, 0.717) is 0 Å². The van der Waals surface area contributed by atoms with E-state index in [4.69, 9.17) is 15.2 Å². The smallest absolute Gasteiger partial charge is 0.412 e. The Bertz CT molecular complexity index is 1560. The van der Waals surface area contributed by atoms with Crippen molar-refractivity contribution >= 4 is 29.6 Å². The van der Waals surface area contributed by atoms with Gasteiger partial charge in [-0.15, -0.1) is 0 Å². The van der Waals surface area contributed by atoms with Crippen LogP contribution in [0.2, 0.25) is 0 Å². The number of primary amides is 1. The molecule has 3 aromatic rings. The van der Waals surface area contributed by atoms with E-state index in [2.05, 4.69) is 10.6 Å². The number of carbonyl (C=O) groups excluding carboxylic acids is 4. The van der Waals surface area contributed by atoms with Gasteiger partial charge in [0.05, 0.1) is 6.61 Å². The molecular weight excluding hydrogens is 578 g/mol. The van der Waals surface area contributed by atoms with Gasteiger partial charge in [-0.1, -0.05) is 42.5 Å². The summed E-state index contributed by atoms with van der Waals surface area (Å²) < 4.78 is 38.7. The van der Waals surface area contributed by atoms with Crippen molar-refractivity contribution in [2.75, 3.05) is 11.9 Å². The Balaban J connectivity index is 1.90. The maximum absolute atomic E-state index is 14.0. The average molecular weight is 611 g/mol. The second-order valence-corrected chi connectivity index (χ2v) is 9.52. The van der Waals surface area contributed by atoms with E-state index in [1.54, 1.807) is 37.3 Å². The van der Waals surface area contributed by atoms with Gasteiger partial charge in [-0.3, -0.25) is 19.7 Å². The highest BCUT2D eigenvalue weighted by Crippen LogP contribution is 2.18. The van der Waals surface area contributed by atoms with Crippen LogP contribution in [-0.4, -0.2) is 41.1 Å². The molecule has 0 aliphatic carbocycles. The van der Waals surface area contributed by atoms with Gasteiger partial charge in [-0.2, -0.15) is 0 Å². The molecule has 0 fully saturated rings. The van der Waals surface area contributed by atoms with Crippen LogP contribution in [-0.2, 0) is 36.9 Å². The molecule has 2 aromatic carbocycles. The third-order valence-corrected chi connectivity index (χ3v) is 6.26. The fraction of sp³-hybridized carbons (Fsp3) is 0.258. The van der Waals surface area contributed by atoms with Gasteiger partial charge in [-0.25, -0.2) is 18.4 Å². The molecule has 1 aromatic heterocycles. The SMILES string of the molecule is CCOC(=O)/C=C/[C@H](CCC(N)=O)NC(=O)[C@H](Cc1ccc(F)c(F)c1)n1cccc(NC(=O)OCc2ccccc2)c1=O. The first-order valence-electron chi connectivity index (χ1n) is 13.6. The van der Waals surface area contributed by atoms with Gasteiger partial charge in [0.1, 0.15) is 18.3 Å². The molecule has 11 nitrogen and oxygen atoms in total. The molecule has 232 valence electrons. The molecule has 44 heavy (non-hydrogen) atoms. The van der Waals surface area contributed by atoms with E-state index >= 15 is 0 Å². The van der Waals surface area contributed by atoms with Crippen LogP contribution in [0.1, 0.15) is 36.9 Å². The number of esters is 1. The van der Waals surface area contributed by atoms with Crippen LogP contribution in [0, 0.1) is 11.6 Å². The third kappa shape index (κ3) is 10.2. The van der Waals surface area contributed by atoms with Crippen molar-refractivity contribution in [3.05, 3.63) is 112 Å². The Morgan fingerprint density at radius 1 is 0.977 bits per heavy atom. The Labute approximate surface area is 251 Å². The second-order valence-electron chi connectivity index (χ2n) is 9.52. The number of rotatable bonds is 14. The summed E-state index contributed by atoms with van der Waals surface area (Å²) in [5.74, 6) is -4.34. The molecule has 0 saturated carbocycles. The Hall–Kier alpha value is -5.33. The molecule has 0 aliphatic heterocycles. The minimum Gasteiger partial charge on any atom is -0.463 e. The highest BCUT2D eigenvalue weighted by Gasteiger charge is 2.26. The monoisotopic (exact) mass is 610 g/mol. The van der Waals surface area contributed by atoms with Crippen molar-refractivity contribution in [2.24, 2.45) is 5.73 Å². The maximum Gasteiger partial charge on any atom is 0.412 e. The lowest BCUT2D eigenvalue weighted by Gasteiger charge is -2.23. The molecule has 0 spiro atoms. The lowest BCUT2D eigenvalue weighted by molar-refractivity contribution is -0.137. The normalized spacial score (nSPS) is 12.2. The summed E-state index contributed by atoms with van der Waals surface area (Å²) >= 11 is 0. The van der Waals surface area contributed by atoms with Crippen molar-refractivity contribution in [3.8, 4) is 0 Å². The first-order chi connectivity index (χ1) is 21.1. The number of nitrogens with two attached hydrogens (primary N) is 1. The van der Waals surface area contributed by atoms with Crippen LogP contribution in [0.25, 0.3) is 0 Å². The van der Waals surface area contributed by atoms with Crippen LogP contribution >= 0.6 is 0 Å². The minimum atomic E-state index is -1.35. The van der Waals surface area contributed by atoms with Gasteiger partial charge in [0.2, 0.25) is 11.8 Å². The number of carbonyl (C=O) groups is 4. The number of amides is 3. The van der Waals surface area contributed by atoms with Gasteiger partial charge < -0.3 is 25.1 Å². The lowest BCUT2D eigenvalue weighted by Crippen LogP contribution is -2.43. The first kappa shape index (κ1) is 33.2. The summed E-state index contributed by atoms with van der Waals surface area (Å²) in [5, 5.41) is 5.02. The number of halogens is 2. The molecule has 3 amide bonds. The van der Waals surface area contributed by atoms with Crippen molar-refractivity contribution in [2.45, 2.75) is 44.9 Å². The topological polar surface area (TPSA) is 159 Å². The largest absolute Gasteiger partial charge is 0.463 e. The number of benzene rings is 2. The fourth-order valence-electron chi connectivity index (χ4n) is 4.11. The zero-order valence-electron chi connectivity index (χ0n) is 23.8. The molecule has 0 unspecified atom stereocenters. The van der Waals surface area contributed by atoms with E-state index in [1.165, 1.54) is 30.5 Å². The fourth-order valence-corrected chi connectivity index (χ4v) is 4.11. The average Bonchev–Trinajstić information content (AvgIpc) is 2.99. The summed E-state index contributed by atoms with van der Waals surface area (Å²) in [4.78, 5) is 62.8. The molecule has 0 radical (unpaired) electrons. The number of aromatic nitrogens is 1. The van der Waals surface area contributed by atoms with Gasteiger partial charge in [0.25, 0.3) is 5.56 Å². The van der Waals surface area contributed by atoms with E-state index in [1.807, 2.05) is 0 Å². The van der Waals surface area contributed by atoms with Crippen LogP contribution in [0.4, 0.5) is 19.3 Å². The molecule has 13 heteroatoms. The summed E-state index contributed by atoms with van der Waals surface area (Å²) in [6.07, 6.45) is 2.37. The number of nitrogens with zero attached hydrogens (tertiary/aromatic N) is 1. The molecule has 0 saturated heterocycles. The lowest BCUT2D eigenvalue weighted by atomic mass is 10.0. The molecule has 4 N–H and O–H groups in total. The minimum absolute atomic E-state index is 0.0125. The van der Waals surface area contributed by atoms with Crippen LogP contribution < -0.4 is 21.9 Å². The molecule has 0 bridgehead atoms. The highest BCUT2D eigenvalue weighted by atomic mass is 19.2. The quantitative estimate of drug-likeness (QED) is 0.186. The molecule has 0 aliphatic rings. The Morgan fingerprint density at radius 2 is 1.73 bits per heavy atom. The van der Waals surface area contributed by atoms with Crippen LogP contribution in [0.3, 0.4) is 0 Å². The molecule has 3 rings (SSSR count). The van der Waals surface area contributed by atoms with Gasteiger partial charge in [0.15, 0.2) is 11.6 Å². The Morgan fingerprint density at radius 3 is 2.41 bits per heavy atom. The van der Waals surface area contributed by atoms with E-state index in [9.17, 15) is 32.8 Å². The van der Waals surface area contributed by atoms with Crippen molar-refractivity contribution < 1.29 is 37.4 Å². The molecule has 1 heterocycles. The van der Waals surface area contributed by atoms with Gasteiger partial charge >= 0.3 is 12.1 Å². The van der Waals surface area contributed by atoms with Crippen molar-refractivity contribution in [1.29, 1.82) is 0 Å². The van der Waals surface area contributed by atoms with Crippen LogP contribution in [0.5, 0.6) is 0 Å². The number of hydrogen-bond acceptors (Lipinski definition) is 7. The molecule has 2 atom stereocenters. The zero-order valence-corrected chi connectivity index (χ0v) is 23.8. The van der Waals surface area contributed by atoms with E-state index < -0.39 is 53.2 Å². The molecular formula is C31H32F2N4O7. The van der Waals surface area contributed by atoms with Crippen molar-refractivity contribution in [3.63, 3.8) is 0 Å².